The third-order valence-corrected chi connectivity index (χ3v) is 5.02. The molecule has 0 unspecified atom stereocenters. The quantitative estimate of drug-likeness (QED) is 0.644. The molecule has 148 valence electrons. The molecule has 0 atom stereocenters. The zero-order valence-electron chi connectivity index (χ0n) is 16.4. The van der Waals surface area contributed by atoms with Crippen LogP contribution in [-0.4, -0.2) is 28.9 Å². The van der Waals surface area contributed by atoms with Crippen molar-refractivity contribution in [3.8, 4) is 5.75 Å². The van der Waals surface area contributed by atoms with Gasteiger partial charge in [-0.15, -0.1) is 0 Å². The maximum absolute atomic E-state index is 12.5. The number of pyridine rings is 1. The number of anilines is 2. The Morgan fingerprint density at radius 3 is 2.31 bits per heavy atom. The van der Waals surface area contributed by atoms with Gasteiger partial charge in [0, 0.05) is 18.8 Å². The van der Waals surface area contributed by atoms with Gasteiger partial charge in [0.1, 0.15) is 18.1 Å². The van der Waals surface area contributed by atoms with Crippen molar-refractivity contribution in [1.82, 2.24) is 9.88 Å². The summed E-state index contributed by atoms with van der Waals surface area (Å²) in [5, 5.41) is 3.31. The molecule has 1 saturated heterocycles. The number of aromatic nitrogens is 1. The lowest BCUT2D eigenvalue weighted by molar-refractivity contribution is 0.0718. The van der Waals surface area contributed by atoms with Gasteiger partial charge >= 0.3 is 0 Å². The van der Waals surface area contributed by atoms with E-state index in [-0.39, 0.29) is 5.91 Å². The molecule has 0 bridgehead atoms. The number of nitrogens with one attached hydrogen (secondary N) is 1. The van der Waals surface area contributed by atoms with Crippen LogP contribution in [0.2, 0.25) is 0 Å². The Morgan fingerprint density at radius 1 is 0.897 bits per heavy atom. The molecule has 1 N–H and O–H groups in total. The monoisotopic (exact) mass is 387 g/mol. The number of piperidine rings is 1. The van der Waals surface area contributed by atoms with Crippen molar-refractivity contribution in [2.45, 2.75) is 25.9 Å². The van der Waals surface area contributed by atoms with Crippen molar-refractivity contribution in [3.63, 3.8) is 0 Å². The molecular formula is C24H25N3O2. The van der Waals surface area contributed by atoms with Gasteiger partial charge in [0.15, 0.2) is 0 Å². The second-order valence-corrected chi connectivity index (χ2v) is 7.21. The van der Waals surface area contributed by atoms with Crippen molar-refractivity contribution in [3.05, 3.63) is 84.2 Å². The van der Waals surface area contributed by atoms with E-state index in [9.17, 15) is 4.79 Å². The largest absolute Gasteiger partial charge is 0.489 e. The fourth-order valence-corrected chi connectivity index (χ4v) is 3.40. The Hall–Kier alpha value is -3.34. The summed E-state index contributed by atoms with van der Waals surface area (Å²) in [7, 11) is 0. The molecule has 1 aliphatic rings. The van der Waals surface area contributed by atoms with Crippen LogP contribution in [0.1, 0.15) is 35.3 Å². The molecule has 1 aliphatic heterocycles. The summed E-state index contributed by atoms with van der Waals surface area (Å²) in [5.41, 5.74) is 3.43. The van der Waals surface area contributed by atoms with Crippen LogP contribution >= 0.6 is 0 Å². The van der Waals surface area contributed by atoms with Crippen molar-refractivity contribution in [1.29, 1.82) is 0 Å². The van der Waals surface area contributed by atoms with Crippen LogP contribution in [0.3, 0.4) is 0 Å². The number of amides is 1. The fraction of sp³-hybridized carbons (Fsp3) is 0.250. The Morgan fingerprint density at radius 2 is 1.62 bits per heavy atom. The highest BCUT2D eigenvalue weighted by atomic mass is 16.5. The van der Waals surface area contributed by atoms with Crippen molar-refractivity contribution < 1.29 is 9.53 Å². The van der Waals surface area contributed by atoms with Gasteiger partial charge in [-0.2, -0.15) is 0 Å². The lowest BCUT2D eigenvalue weighted by Gasteiger charge is -2.26. The van der Waals surface area contributed by atoms with E-state index in [1.54, 1.807) is 12.3 Å². The van der Waals surface area contributed by atoms with Crippen molar-refractivity contribution in [2.24, 2.45) is 0 Å². The molecule has 1 fully saturated rings. The van der Waals surface area contributed by atoms with Crippen LogP contribution in [0.15, 0.2) is 72.9 Å². The van der Waals surface area contributed by atoms with Crippen LogP contribution in [0.4, 0.5) is 11.4 Å². The smallest absolute Gasteiger partial charge is 0.272 e. The third-order valence-electron chi connectivity index (χ3n) is 5.02. The summed E-state index contributed by atoms with van der Waals surface area (Å²) in [4.78, 5) is 18.7. The van der Waals surface area contributed by atoms with Crippen LogP contribution in [-0.2, 0) is 6.61 Å². The van der Waals surface area contributed by atoms with Crippen molar-refractivity contribution in [2.75, 3.05) is 18.4 Å². The highest BCUT2D eigenvalue weighted by Crippen LogP contribution is 2.21. The first-order valence-electron chi connectivity index (χ1n) is 10.1. The second kappa shape index (κ2) is 9.24. The fourth-order valence-electron chi connectivity index (χ4n) is 3.40. The van der Waals surface area contributed by atoms with Gasteiger partial charge in [-0.05, 0) is 61.2 Å². The van der Waals surface area contributed by atoms with Gasteiger partial charge in [0.25, 0.3) is 5.91 Å². The predicted octanol–water partition coefficient (Wildman–Crippen LogP) is 5.03. The first kappa shape index (κ1) is 19.0. The number of carbonyl (C=O) groups excluding carboxylic acids is 1. The number of ether oxygens (including phenoxy) is 1. The number of carbonyl (C=O) groups is 1. The normalized spacial score (nSPS) is 13.7. The molecule has 4 rings (SSSR count). The molecule has 5 nitrogen and oxygen atoms in total. The molecule has 29 heavy (non-hydrogen) atoms. The van der Waals surface area contributed by atoms with E-state index in [2.05, 4.69) is 10.3 Å². The van der Waals surface area contributed by atoms with Crippen molar-refractivity contribution >= 4 is 17.3 Å². The standard InChI is InChI=1S/C24H25N3O2/c28-24(27-15-5-2-6-16-27)23-14-11-21(17-25-23)26-20-9-12-22(13-10-20)29-18-19-7-3-1-4-8-19/h1,3-4,7-14,17,26H,2,5-6,15-16,18H2. The van der Waals surface area contributed by atoms with Crippen LogP contribution in [0.5, 0.6) is 5.75 Å². The average molecular weight is 387 g/mol. The molecule has 0 radical (unpaired) electrons. The molecule has 2 aromatic carbocycles. The van der Waals surface area contributed by atoms with Crippen LogP contribution in [0.25, 0.3) is 0 Å². The zero-order valence-corrected chi connectivity index (χ0v) is 16.4. The number of rotatable bonds is 6. The van der Waals surface area contributed by atoms with Crippen LogP contribution in [0, 0.1) is 0 Å². The summed E-state index contributed by atoms with van der Waals surface area (Å²) < 4.78 is 5.81. The Balaban J connectivity index is 1.32. The second-order valence-electron chi connectivity index (χ2n) is 7.21. The first-order chi connectivity index (χ1) is 14.3. The molecular weight excluding hydrogens is 362 g/mol. The average Bonchev–Trinajstić information content (AvgIpc) is 2.80. The number of likely N-dealkylation sites (tertiary alicyclic amines) is 1. The number of hydrogen-bond donors (Lipinski definition) is 1. The summed E-state index contributed by atoms with van der Waals surface area (Å²) in [6.07, 6.45) is 5.07. The molecule has 2 heterocycles. The van der Waals surface area contributed by atoms with Gasteiger partial charge in [-0.25, -0.2) is 4.98 Å². The molecule has 0 saturated carbocycles. The van der Waals surface area contributed by atoms with E-state index in [0.717, 1.165) is 48.6 Å². The topological polar surface area (TPSA) is 54.5 Å². The minimum Gasteiger partial charge on any atom is -0.489 e. The third kappa shape index (κ3) is 5.13. The SMILES string of the molecule is O=C(c1ccc(Nc2ccc(OCc3ccccc3)cc2)cn1)N1CCCCC1. The maximum atomic E-state index is 12.5. The molecule has 1 aromatic heterocycles. The van der Waals surface area contributed by atoms with Gasteiger partial charge in [-0.3, -0.25) is 4.79 Å². The van der Waals surface area contributed by atoms with E-state index in [4.69, 9.17) is 4.74 Å². The van der Waals surface area contributed by atoms with Gasteiger partial charge in [-0.1, -0.05) is 30.3 Å². The van der Waals surface area contributed by atoms with E-state index in [1.165, 1.54) is 6.42 Å². The highest BCUT2D eigenvalue weighted by molar-refractivity contribution is 5.92. The summed E-state index contributed by atoms with van der Waals surface area (Å²) in [5.74, 6) is 0.844. The number of benzene rings is 2. The van der Waals surface area contributed by atoms with E-state index < -0.39 is 0 Å². The molecule has 1 amide bonds. The lowest BCUT2D eigenvalue weighted by Crippen LogP contribution is -2.36. The Kier molecular flexibility index (Phi) is 6.05. The zero-order chi connectivity index (χ0) is 19.9. The summed E-state index contributed by atoms with van der Waals surface area (Å²) >= 11 is 0. The molecule has 0 spiro atoms. The van der Waals surface area contributed by atoms with E-state index in [1.807, 2.05) is 65.6 Å². The Bertz CT molecular complexity index is 919. The minimum atomic E-state index is 0.0242. The maximum Gasteiger partial charge on any atom is 0.272 e. The van der Waals surface area contributed by atoms with Crippen LogP contribution < -0.4 is 10.1 Å². The minimum absolute atomic E-state index is 0.0242. The molecule has 5 heteroatoms. The molecule has 0 aliphatic carbocycles. The van der Waals surface area contributed by atoms with Gasteiger partial charge in [0.2, 0.25) is 0 Å². The first-order valence-corrected chi connectivity index (χ1v) is 10.1. The molecule has 3 aromatic rings. The Labute approximate surface area is 171 Å². The van der Waals surface area contributed by atoms with E-state index >= 15 is 0 Å². The summed E-state index contributed by atoms with van der Waals surface area (Å²) in [6, 6.07) is 21.6. The van der Waals surface area contributed by atoms with Gasteiger partial charge < -0.3 is 15.0 Å². The van der Waals surface area contributed by atoms with Gasteiger partial charge in [0.05, 0.1) is 11.9 Å². The number of nitrogens with zero attached hydrogens (tertiary/aromatic N) is 2. The highest BCUT2D eigenvalue weighted by Gasteiger charge is 2.18. The predicted molar refractivity (Wildman–Crippen MR) is 114 cm³/mol. The van der Waals surface area contributed by atoms with E-state index in [0.29, 0.717) is 12.3 Å². The summed E-state index contributed by atoms with van der Waals surface area (Å²) in [6.45, 7) is 2.21. The lowest BCUT2D eigenvalue weighted by atomic mass is 10.1. The number of hydrogen-bond acceptors (Lipinski definition) is 4.